The molecule has 0 fully saturated rings. The molecule has 1 aliphatic heterocycles. The van der Waals surface area contributed by atoms with Gasteiger partial charge in [0.1, 0.15) is 0 Å². The van der Waals surface area contributed by atoms with Crippen LogP contribution >= 0.6 is 0 Å². The summed E-state index contributed by atoms with van der Waals surface area (Å²) in [4.78, 5) is 27.5. The molecule has 5 N–H and O–H groups in total. The smallest absolute Gasteiger partial charge is 0.264 e. The molecule has 0 aliphatic carbocycles. The predicted octanol–water partition coefficient (Wildman–Crippen LogP) is 3.68. The fourth-order valence-corrected chi connectivity index (χ4v) is 5.25. The Morgan fingerprint density at radius 3 is 2.57 bits per heavy atom. The minimum absolute atomic E-state index is 0.0740. The summed E-state index contributed by atoms with van der Waals surface area (Å²) in [6, 6.07) is 21.3. The number of anilines is 3. The van der Waals surface area contributed by atoms with E-state index in [0.29, 0.717) is 46.8 Å². The minimum Gasteiger partial charge on any atom is -0.399 e. The maximum absolute atomic E-state index is 13.3. The fourth-order valence-electron chi connectivity index (χ4n) is 5.25. The predicted molar refractivity (Wildman–Crippen MR) is 161 cm³/mol. The van der Waals surface area contributed by atoms with Crippen LogP contribution in [0.5, 0.6) is 0 Å². The number of nitrogens with one attached hydrogen (secondary N) is 1. The van der Waals surface area contributed by atoms with Gasteiger partial charge in [-0.1, -0.05) is 54.6 Å². The molecule has 2 amide bonds. The molecule has 10 nitrogen and oxygen atoms in total. The summed E-state index contributed by atoms with van der Waals surface area (Å²) in [7, 11) is 1.62. The Labute approximate surface area is 244 Å². The van der Waals surface area contributed by atoms with Crippen LogP contribution in [0.25, 0.3) is 0 Å². The van der Waals surface area contributed by atoms with E-state index < -0.39 is 17.4 Å². The number of nitrogen functional groups attached to an aromatic ring is 1. The zero-order valence-electron chi connectivity index (χ0n) is 23.5. The number of rotatable bonds is 10. The first-order valence-electron chi connectivity index (χ1n) is 13.8. The zero-order valence-corrected chi connectivity index (χ0v) is 23.5. The number of amides is 2. The van der Waals surface area contributed by atoms with Gasteiger partial charge < -0.3 is 26.2 Å². The SMILES string of the molecule is C[C@@H](/C=C/CCn1cc(C(CO)c2ccccc2)nn1)[C@]1(O)C(=O)N(C)c2ccc(NC(=O)c3ccc(N)cc3)cc21. The Morgan fingerprint density at radius 2 is 1.86 bits per heavy atom. The van der Waals surface area contributed by atoms with E-state index in [2.05, 4.69) is 15.6 Å². The van der Waals surface area contributed by atoms with Crippen LogP contribution in [-0.4, -0.2) is 50.7 Å². The van der Waals surface area contributed by atoms with E-state index in [1.165, 1.54) is 4.90 Å². The van der Waals surface area contributed by atoms with Crippen LogP contribution in [0, 0.1) is 5.92 Å². The first-order valence-corrected chi connectivity index (χ1v) is 13.8. The van der Waals surface area contributed by atoms with Gasteiger partial charge in [-0.3, -0.25) is 14.3 Å². The molecule has 216 valence electrons. The molecule has 1 unspecified atom stereocenters. The number of hydrogen-bond donors (Lipinski definition) is 4. The summed E-state index contributed by atoms with van der Waals surface area (Å²) >= 11 is 0. The lowest BCUT2D eigenvalue weighted by Crippen LogP contribution is -2.43. The minimum atomic E-state index is -1.80. The van der Waals surface area contributed by atoms with Crippen molar-refractivity contribution in [1.82, 2.24) is 15.0 Å². The number of nitrogens with two attached hydrogens (primary N) is 1. The molecule has 0 radical (unpaired) electrons. The number of carbonyl (C=O) groups is 2. The molecule has 2 heterocycles. The van der Waals surface area contributed by atoms with Crippen molar-refractivity contribution in [2.24, 2.45) is 5.92 Å². The molecule has 10 heteroatoms. The van der Waals surface area contributed by atoms with E-state index in [-0.39, 0.29) is 18.4 Å². The van der Waals surface area contributed by atoms with Crippen LogP contribution in [0.3, 0.4) is 0 Å². The third-order valence-corrected chi connectivity index (χ3v) is 7.74. The second-order valence-corrected chi connectivity index (χ2v) is 10.5. The van der Waals surface area contributed by atoms with E-state index in [1.54, 1.807) is 61.1 Å². The van der Waals surface area contributed by atoms with Crippen molar-refractivity contribution in [2.45, 2.75) is 31.4 Å². The summed E-state index contributed by atoms with van der Waals surface area (Å²) in [5.74, 6) is -1.57. The molecule has 0 saturated heterocycles. The average molecular weight is 567 g/mol. The highest BCUT2D eigenvalue weighted by atomic mass is 16.3. The Hall–Kier alpha value is -4.80. The van der Waals surface area contributed by atoms with Crippen LogP contribution in [0.1, 0.15) is 46.4 Å². The first kappa shape index (κ1) is 28.7. The highest BCUT2D eigenvalue weighted by molar-refractivity contribution is 6.08. The number of carbonyl (C=O) groups excluding carboxylic acids is 2. The van der Waals surface area contributed by atoms with E-state index in [0.717, 1.165) is 5.56 Å². The van der Waals surface area contributed by atoms with Gasteiger partial charge in [0.15, 0.2) is 5.60 Å². The van der Waals surface area contributed by atoms with Gasteiger partial charge in [0.05, 0.1) is 23.9 Å². The number of hydrogen-bond acceptors (Lipinski definition) is 7. The van der Waals surface area contributed by atoms with Crippen molar-refractivity contribution in [3.05, 3.63) is 114 Å². The van der Waals surface area contributed by atoms with E-state index in [1.807, 2.05) is 48.7 Å². The van der Waals surface area contributed by atoms with Gasteiger partial charge in [-0.05, 0) is 54.4 Å². The van der Waals surface area contributed by atoms with Crippen LogP contribution < -0.4 is 16.0 Å². The number of aliphatic hydroxyl groups is 2. The van der Waals surface area contributed by atoms with Crippen molar-refractivity contribution in [1.29, 1.82) is 0 Å². The van der Waals surface area contributed by atoms with Gasteiger partial charge in [0, 0.05) is 48.2 Å². The number of benzene rings is 3. The highest BCUT2D eigenvalue weighted by Gasteiger charge is 2.51. The second kappa shape index (κ2) is 12.0. The number of aliphatic hydroxyl groups excluding tert-OH is 1. The van der Waals surface area contributed by atoms with Crippen molar-refractivity contribution >= 4 is 28.9 Å². The second-order valence-electron chi connectivity index (χ2n) is 10.5. The lowest BCUT2D eigenvalue weighted by Gasteiger charge is -2.27. The number of allylic oxidation sites excluding steroid dienone is 1. The molecule has 0 saturated carbocycles. The molecule has 42 heavy (non-hydrogen) atoms. The summed E-state index contributed by atoms with van der Waals surface area (Å²) in [5.41, 5.74) is 8.05. The van der Waals surface area contributed by atoms with Gasteiger partial charge in [-0.25, -0.2) is 0 Å². The molecule has 1 aliphatic rings. The number of aryl methyl sites for hydroxylation is 1. The molecule has 4 aromatic rings. The molecule has 3 atom stereocenters. The van der Waals surface area contributed by atoms with E-state index in [4.69, 9.17) is 5.73 Å². The van der Waals surface area contributed by atoms with Crippen LogP contribution in [0.2, 0.25) is 0 Å². The lowest BCUT2D eigenvalue weighted by atomic mass is 9.82. The molecule has 0 spiro atoms. The normalized spacial score (nSPS) is 17.8. The number of likely N-dealkylation sites (N-methyl/N-ethyl adjacent to an activating group) is 1. The molecule has 5 rings (SSSR count). The van der Waals surface area contributed by atoms with Crippen LogP contribution in [0.15, 0.2) is 91.1 Å². The van der Waals surface area contributed by atoms with Crippen LogP contribution in [-0.2, 0) is 16.9 Å². The number of aromatic nitrogens is 3. The third-order valence-electron chi connectivity index (χ3n) is 7.74. The van der Waals surface area contributed by atoms with Crippen molar-refractivity contribution in [3.63, 3.8) is 0 Å². The summed E-state index contributed by atoms with van der Waals surface area (Å²) in [5, 5.41) is 33.0. The molecule has 0 bridgehead atoms. The Morgan fingerprint density at radius 1 is 1.12 bits per heavy atom. The van der Waals surface area contributed by atoms with Gasteiger partial charge in [-0.15, -0.1) is 5.10 Å². The summed E-state index contributed by atoms with van der Waals surface area (Å²) in [6.07, 6.45) is 6.14. The molecular weight excluding hydrogens is 532 g/mol. The largest absolute Gasteiger partial charge is 0.399 e. The Bertz CT molecular complexity index is 1600. The monoisotopic (exact) mass is 566 g/mol. The third kappa shape index (κ3) is 5.54. The average Bonchev–Trinajstić information content (AvgIpc) is 3.54. The Kier molecular flexibility index (Phi) is 8.19. The number of nitrogens with zero attached hydrogens (tertiary/aromatic N) is 4. The van der Waals surface area contributed by atoms with Gasteiger partial charge in [-0.2, -0.15) is 0 Å². The van der Waals surface area contributed by atoms with Crippen molar-refractivity contribution < 1.29 is 19.8 Å². The van der Waals surface area contributed by atoms with E-state index >= 15 is 0 Å². The maximum Gasteiger partial charge on any atom is 0.264 e. The fraction of sp³-hybridized carbons (Fsp3) is 0.250. The lowest BCUT2D eigenvalue weighted by molar-refractivity contribution is -0.139. The molecule has 1 aromatic heterocycles. The van der Waals surface area contributed by atoms with Gasteiger partial charge in [0.25, 0.3) is 11.8 Å². The molecular formula is C32H34N6O4. The topological polar surface area (TPSA) is 147 Å². The molecule has 3 aromatic carbocycles. The number of fused-ring (bicyclic) bond motifs is 1. The van der Waals surface area contributed by atoms with Crippen molar-refractivity contribution in [3.8, 4) is 0 Å². The summed E-state index contributed by atoms with van der Waals surface area (Å²) in [6.45, 7) is 2.25. The van der Waals surface area contributed by atoms with Crippen LogP contribution in [0.4, 0.5) is 17.1 Å². The summed E-state index contributed by atoms with van der Waals surface area (Å²) < 4.78 is 1.71. The van der Waals surface area contributed by atoms with Crippen molar-refractivity contribution in [2.75, 3.05) is 29.6 Å². The Balaban J connectivity index is 1.27. The van der Waals surface area contributed by atoms with Gasteiger partial charge >= 0.3 is 0 Å². The van der Waals surface area contributed by atoms with Gasteiger partial charge in [0.2, 0.25) is 0 Å². The zero-order chi connectivity index (χ0) is 29.9. The first-order chi connectivity index (χ1) is 20.2. The highest BCUT2D eigenvalue weighted by Crippen LogP contribution is 2.45. The standard InChI is InChI=1S/C32H34N6O4/c1-21(8-6-7-17-38-19-28(35-36-38)26(20-39)22-9-4-3-5-10-22)32(42)27-18-25(15-16-29(27)37(2)31(32)41)34-30(40)23-11-13-24(33)14-12-23/h3-6,8-16,18-19,21,26,39,42H,7,17,20,33H2,1-2H3,(H,34,40)/b8-6+/t21-,26?,32+/m0/s1. The maximum atomic E-state index is 13.3. The van der Waals surface area contributed by atoms with E-state index in [9.17, 15) is 19.8 Å². The quantitative estimate of drug-likeness (QED) is 0.169.